The van der Waals surface area contributed by atoms with Gasteiger partial charge in [0.1, 0.15) is 5.82 Å². The minimum atomic E-state index is -0.336. The number of rotatable bonds is 4. The number of halogens is 1. The average Bonchev–Trinajstić information content (AvgIpc) is 2.32. The molecule has 0 aliphatic rings. The van der Waals surface area contributed by atoms with Crippen molar-refractivity contribution in [2.75, 3.05) is 18.4 Å². The van der Waals surface area contributed by atoms with Crippen LogP contribution < -0.4 is 5.32 Å². The molecule has 0 saturated heterocycles. The molecule has 0 atom stereocenters. The fraction of sp³-hybridized carbons (Fsp3) is 0.308. The molecule has 1 N–H and O–H groups in total. The van der Waals surface area contributed by atoms with Crippen LogP contribution in [-0.2, 0) is 0 Å². The van der Waals surface area contributed by atoms with Crippen molar-refractivity contribution in [3.63, 3.8) is 0 Å². The predicted molar refractivity (Wildman–Crippen MR) is 66.1 cm³/mol. The second-order valence-electron chi connectivity index (χ2n) is 3.56. The van der Waals surface area contributed by atoms with E-state index in [-0.39, 0.29) is 18.4 Å². The van der Waals surface area contributed by atoms with Crippen molar-refractivity contribution in [3.05, 3.63) is 30.1 Å². The lowest BCUT2D eigenvalue weighted by Gasteiger charge is -2.19. The third-order valence-electron chi connectivity index (χ3n) is 2.16. The number of anilines is 1. The molecule has 3 nitrogen and oxygen atoms in total. The maximum atomic E-state index is 12.7. The topological polar surface area (TPSA) is 32.3 Å². The van der Waals surface area contributed by atoms with E-state index < -0.39 is 0 Å². The first-order valence-corrected chi connectivity index (χ1v) is 5.42. The van der Waals surface area contributed by atoms with Gasteiger partial charge in [-0.25, -0.2) is 9.18 Å². The zero-order chi connectivity index (χ0) is 12.7. The molecule has 0 aromatic heterocycles. The highest BCUT2D eigenvalue weighted by atomic mass is 19.1. The standard InChI is InChI=1S/C13H15FN2O/c1-3-9-16(10-4-2)13(17)15-12-7-5-11(14)6-8-12/h1,5-8H,4,9-10H2,2H3,(H,15,17). The molecule has 2 amide bonds. The molecular formula is C13H15FN2O. The summed E-state index contributed by atoms with van der Waals surface area (Å²) in [6.45, 7) is 2.83. The lowest BCUT2D eigenvalue weighted by atomic mass is 10.3. The smallest absolute Gasteiger partial charge is 0.313 e. The van der Waals surface area contributed by atoms with Gasteiger partial charge in [0.25, 0.3) is 0 Å². The van der Waals surface area contributed by atoms with Crippen LogP contribution in [0.25, 0.3) is 0 Å². The Morgan fingerprint density at radius 2 is 2.12 bits per heavy atom. The third-order valence-corrected chi connectivity index (χ3v) is 2.16. The number of hydrogen-bond acceptors (Lipinski definition) is 1. The van der Waals surface area contributed by atoms with Crippen molar-refractivity contribution in [2.24, 2.45) is 0 Å². The first-order valence-electron chi connectivity index (χ1n) is 5.42. The summed E-state index contributed by atoms with van der Waals surface area (Å²) < 4.78 is 12.7. The predicted octanol–water partition coefficient (Wildman–Crippen LogP) is 2.70. The van der Waals surface area contributed by atoms with Crippen molar-refractivity contribution in [3.8, 4) is 12.3 Å². The Morgan fingerprint density at radius 1 is 1.47 bits per heavy atom. The van der Waals surface area contributed by atoms with E-state index in [1.807, 2.05) is 6.92 Å². The molecule has 1 aromatic rings. The molecule has 0 heterocycles. The van der Waals surface area contributed by atoms with Gasteiger partial charge < -0.3 is 10.2 Å². The number of carbonyl (C=O) groups is 1. The highest BCUT2D eigenvalue weighted by Gasteiger charge is 2.10. The zero-order valence-corrected chi connectivity index (χ0v) is 9.74. The number of carbonyl (C=O) groups excluding carboxylic acids is 1. The summed E-state index contributed by atoms with van der Waals surface area (Å²) >= 11 is 0. The maximum Gasteiger partial charge on any atom is 0.322 e. The van der Waals surface area contributed by atoms with Gasteiger partial charge in [0, 0.05) is 12.2 Å². The van der Waals surface area contributed by atoms with Gasteiger partial charge in [-0.3, -0.25) is 0 Å². The minimum absolute atomic E-state index is 0.265. The summed E-state index contributed by atoms with van der Waals surface area (Å²) in [5.74, 6) is 2.10. The van der Waals surface area contributed by atoms with Crippen LogP contribution in [0.1, 0.15) is 13.3 Å². The Kier molecular flexibility index (Phi) is 5.02. The van der Waals surface area contributed by atoms with Crippen molar-refractivity contribution in [1.82, 2.24) is 4.90 Å². The molecule has 1 aromatic carbocycles. The van der Waals surface area contributed by atoms with E-state index in [2.05, 4.69) is 11.2 Å². The van der Waals surface area contributed by atoms with E-state index in [0.29, 0.717) is 12.2 Å². The van der Waals surface area contributed by atoms with Gasteiger partial charge in [0.05, 0.1) is 6.54 Å². The molecule has 90 valence electrons. The molecule has 1 rings (SSSR count). The molecule has 17 heavy (non-hydrogen) atoms. The van der Waals surface area contributed by atoms with Gasteiger partial charge in [-0.15, -0.1) is 6.42 Å². The van der Waals surface area contributed by atoms with Crippen LogP contribution >= 0.6 is 0 Å². The quantitative estimate of drug-likeness (QED) is 0.798. The zero-order valence-electron chi connectivity index (χ0n) is 9.74. The van der Waals surface area contributed by atoms with Gasteiger partial charge in [0.15, 0.2) is 0 Å². The van der Waals surface area contributed by atoms with E-state index in [1.165, 1.54) is 29.2 Å². The molecule has 0 saturated carbocycles. The number of benzene rings is 1. The fourth-order valence-electron chi connectivity index (χ4n) is 1.37. The van der Waals surface area contributed by atoms with Gasteiger partial charge in [0.2, 0.25) is 0 Å². The lowest BCUT2D eigenvalue weighted by Crippen LogP contribution is -2.35. The van der Waals surface area contributed by atoms with Crippen molar-refractivity contribution >= 4 is 11.7 Å². The van der Waals surface area contributed by atoms with Crippen molar-refractivity contribution < 1.29 is 9.18 Å². The number of urea groups is 1. The molecular weight excluding hydrogens is 219 g/mol. The molecule has 0 aliphatic heterocycles. The van der Waals surface area contributed by atoms with Gasteiger partial charge in [-0.05, 0) is 30.7 Å². The Bertz CT molecular complexity index is 408. The van der Waals surface area contributed by atoms with E-state index >= 15 is 0 Å². The number of amides is 2. The lowest BCUT2D eigenvalue weighted by molar-refractivity contribution is 0.218. The van der Waals surface area contributed by atoms with E-state index in [0.717, 1.165) is 6.42 Å². The van der Waals surface area contributed by atoms with E-state index in [4.69, 9.17) is 6.42 Å². The summed E-state index contributed by atoms with van der Waals surface area (Å²) in [5, 5.41) is 2.66. The van der Waals surface area contributed by atoms with Crippen molar-refractivity contribution in [1.29, 1.82) is 0 Å². The Morgan fingerprint density at radius 3 is 2.65 bits per heavy atom. The van der Waals surface area contributed by atoms with Crippen molar-refractivity contribution in [2.45, 2.75) is 13.3 Å². The molecule has 0 aliphatic carbocycles. The maximum absolute atomic E-state index is 12.7. The second kappa shape index (κ2) is 6.54. The Balaban J connectivity index is 2.63. The summed E-state index contributed by atoms with van der Waals surface area (Å²) in [6, 6.07) is 5.33. The van der Waals surface area contributed by atoms with Crippen LogP contribution in [0.4, 0.5) is 14.9 Å². The Labute approximate surface area is 101 Å². The number of terminal acetylenes is 1. The number of nitrogens with zero attached hydrogens (tertiary/aromatic N) is 1. The third kappa shape index (κ3) is 4.15. The van der Waals surface area contributed by atoms with Crippen LogP contribution in [-0.4, -0.2) is 24.0 Å². The Hall–Kier alpha value is -2.02. The second-order valence-corrected chi connectivity index (χ2v) is 3.56. The van der Waals surface area contributed by atoms with E-state index in [1.54, 1.807) is 0 Å². The molecule has 0 fully saturated rings. The normalized spacial score (nSPS) is 9.47. The molecule has 0 unspecified atom stereocenters. The SMILES string of the molecule is C#CCN(CCC)C(=O)Nc1ccc(F)cc1. The molecule has 0 spiro atoms. The largest absolute Gasteiger partial charge is 0.322 e. The van der Waals surface area contributed by atoms with Crippen LogP contribution in [0.5, 0.6) is 0 Å². The highest BCUT2D eigenvalue weighted by molar-refractivity contribution is 5.89. The van der Waals surface area contributed by atoms with Crippen LogP contribution in [0.2, 0.25) is 0 Å². The summed E-state index contributed by atoms with van der Waals surface area (Å²) in [5.41, 5.74) is 0.550. The monoisotopic (exact) mass is 234 g/mol. The molecule has 0 radical (unpaired) electrons. The molecule has 0 bridgehead atoms. The first-order chi connectivity index (χ1) is 8.17. The summed E-state index contributed by atoms with van der Waals surface area (Å²) in [7, 11) is 0. The van der Waals surface area contributed by atoms with Gasteiger partial charge >= 0.3 is 6.03 Å². The fourth-order valence-corrected chi connectivity index (χ4v) is 1.37. The highest BCUT2D eigenvalue weighted by Crippen LogP contribution is 2.09. The molecule has 4 heteroatoms. The van der Waals surface area contributed by atoms with Crippen LogP contribution in [0, 0.1) is 18.2 Å². The van der Waals surface area contributed by atoms with Gasteiger partial charge in [-0.2, -0.15) is 0 Å². The number of hydrogen-bond donors (Lipinski definition) is 1. The van der Waals surface area contributed by atoms with Crippen LogP contribution in [0.3, 0.4) is 0 Å². The summed E-state index contributed by atoms with van der Waals surface area (Å²) in [4.78, 5) is 13.3. The van der Waals surface area contributed by atoms with Gasteiger partial charge in [-0.1, -0.05) is 12.8 Å². The van der Waals surface area contributed by atoms with Crippen LogP contribution in [0.15, 0.2) is 24.3 Å². The first kappa shape index (κ1) is 13.0. The average molecular weight is 234 g/mol. The number of nitrogens with one attached hydrogen (secondary N) is 1. The van der Waals surface area contributed by atoms with E-state index in [9.17, 15) is 9.18 Å². The minimum Gasteiger partial charge on any atom is -0.313 e. The summed E-state index contributed by atoms with van der Waals surface area (Å²) in [6.07, 6.45) is 6.02.